The van der Waals surface area contributed by atoms with E-state index in [0.29, 0.717) is 17.3 Å². The molecule has 2 heterocycles. The van der Waals surface area contributed by atoms with Gasteiger partial charge in [0.25, 0.3) is 5.91 Å². The zero-order chi connectivity index (χ0) is 17.3. The van der Waals surface area contributed by atoms with Gasteiger partial charge in [-0.05, 0) is 44.5 Å². The number of benzene rings is 1. The zero-order valence-corrected chi connectivity index (χ0v) is 14.9. The Bertz CT molecular complexity index is 894. The summed E-state index contributed by atoms with van der Waals surface area (Å²) in [5, 5.41) is 8.95. The molecule has 126 valence electrons. The third-order valence-electron chi connectivity index (χ3n) is 4.20. The molecule has 0 saturated carbocycles. The summed E-state index contributed by atoms with van der Waals surface area (Å²) in [6, 6.07) is 9.58. The number of aromatic nitrogens is 3. The monoisotopic (exact) mass is 344 g/mol. The largest absolute Gasteiger partial charge is 0.351 e. The molecule has 0 radical (unpaired) electrons. The number of fused-ring (bicyclic) bond motifs is 1. The fourth-order valence-electron chi connectivity index (χ4n) is 2.96. The Morgan fingerprint density at radius 1 is 1.29 bits per heavy atom. The van der Waals surface area contributed by atoms with Gasteiger partial charge >= 0.3 is 0 Å². The highest BCUT2D eigenvalue weighted by molar-refractivity contribution is 6.35. The summed E-state index contributed by atoms with van der Waals surface area (Å²) in [6.07, 6.45) is 0.832. The van der Waals surface area contributed by atoms with Crippen molar-refractivity contribution in [2.24, 2.45) is 7.05 Å². The van der Waals surface area contributed by atoms with Gasteiger partial charge in [-0.25, -0.2) is 0 Å². The third-order valence-corrected chi connectivity index (χ3v) is 4.53. The second-order valence-corrected chi connectivity index (χ2v) is 6.43. The van der Waals surface area contributed by atoms with E-state index in [0.717, 1.165) is 35.3 Å². The van der Waals surface area contributed by atoms with Gasteiger partial charge in [0.1, 0.15) is 5.69 Å². The molecule has 0 aliphatic rings. The average Bonchev–Trinajstić information content (AvgIpc) is 3.04. The summed E-state index contributed by atoms with van der Waals surface area (Å²) in [7, 11) is 1.88. The molecule has 1 aromatic carbocycles. The van der Waals surface area contributed by atoms with Gasteiger partial charge in [0.15, 0.2) is 0 Å². The van der Waals surface area contributed by atoms with E-state index in [-0.39, 0.29) is 5.91 Å². The number of amides is 1. The lowest BCUT2D eigenvalue weighted by Crippen LogP contribution is -2.27. The summed E-state index contributed by atoms with van der Waals surface area (Å²) >= 11 is 6.20. The lowest BCUT2D eigenvalue weighted by molar-refractivity contribution is 0.0945. The van der Waals surface area contributed by atoms with E-state index in [1.165, 1.54) is 0 Å². The van der Waals surface area contributed by atoms with E-state index in [2.05, 4.69) is 16.5 Å². The maximum absolute atomic E-state index is 12.4. The molecule has 6 heteroatoms. The number of halogens is 1. The van der Waals surface area contributed by atoms with Gasteiger partial charge in [0, 0.05) is 41.8 Å². The molecule has 0 spiro atoms. The lowest BCUT2D eigenvalue weighted by Gasteiger charge is -2.07. The molecule has 0 aliphatic heterocycles. The number of rotatable bonds is 5. The molecule has 3 aromatic rings. The Kier molecular flexibility index (Phi) is 4.62. The zero-order valence-electron chi connectivity index (χ0n) is 14.1. The summed E-state index contributed by atoms with van der Waals surface area (Å²) in [6.45, 7) is 5.42. The SMILES string of the molecule is Cc1cc(C)n(CCCNC(=O)c2cc3c(Cl)cccc3n2C)n1. The quantitative estimate of drug-likeness (QED) is 0.720. The molecular weight excluding hydrogens is 324 g/mol. The molecule has 24 heavy (non-hydrogen) atoms. The number of nitrogens with zero attached hydrogens (tertiary/aromatic N) is 3. The maximum Gasteiger partial charge on any atom is 0.267 e. The minimum atomic E-state index is -0.0851. The minimum Gasteiger partial charge on any atom is -0.351 e. The predicted molar refractivity (Wildman–Crippen MR) is 96.6 cm³/mol. The molecule has 5 nitrogen and oxygen atoms in total. The van der Waals surface area contributed by atoms with Crippen molar-refractivity contribution < 1.29 is 4.79 Å². The Labute approximate surface area is 146 Å². The van der Waals surface area contributed by atoms with Crippen LogP contribution in [0.25, 0.3) is 10.9 Å². The van der Waals surface area contributed by atoms with Crippen LogP contribution in [0.1, 0.15) is 28.3 Å². The molecule has 0 unspecified atom stereocenters. The van der Waals surface area contributed by atoms with Crippen LogP contribution < -0.4 is 5.32 Å². The van der Waals surface area contributed by atoms with Crippen molar-refractivity contribution in [1.29, 1.82) is 0 Å². The van der Waals surface area contributed by atoms with Crippen molar-refractivity contribution in [3.63, 3.8) is 0 Å². The Morgan fingerprint density at radius 2 is 2.08 bits per heavy atom. The van der Waals surface area contributed by atoms with Crippen LogP contribution in [0.4, 0.5) is 0 Å². The molecule has 1 N–H and O–H groups in total. The molecule has 2 aromatic heterocycles. The normalized spacial score (nSPS) is 11.2. The molecule has 0 aliphatic carbocycles. The molecular formula is C18H21ClN4O. The number of carbonyl (C=O) groups excluding carboxylic acids is 1. The first kappa shape index (κ1) is 16.6. The van der Waals surface area contributed by atoms with Crippen molar-refractivity contribution in [2.75, 3.05) is 6.54 Å². The van der Waals surface area contributed by atoms with E-state index in [9.17, 15) is 4.79 Å². The van der Waals surface area contributed by atoms with Crippen LogP contribution in [-0.4, -0.2) is 26.8 Å². The van der Waals surface area contributed by atoms with Crippen molar-refractivity contribution in [3.8, 4) is 0 Å². The van der Waals surface area contributed by atoms with Crippen molar-refractivity contribution >= 4 is 28.4 Å². The summed E-state index contributed by atoms with van der Waals surface area (Å²) in [5.74, 6) is -0.0851. The standard InChI is InChI=1S/C18H21ClN4O/c1-12-10-13(2)23(21-12)9-5-8-20-18(24)17-11-14-15(19)6-4-7-16(14)22(17)3/h4,6-7,10-11H,5,8-9H2,1-3H3,(H,20,24). The van der Waals surface area contributed by atoms with Gasteiger partial charge in [-0.15, -0.1) is 0 Å². The predicted octanol–water partition coefficient (Wildman–Crippen LogP) is 3.47. The fourth-order valence-corrected chi connectivity index (χ4v) is 3.19. The maximum atomic E-state index is 12.4. The summed E-state index contributed by atoms with van der Waals surface area (Å²) < 4.78 is 3.84. The third kappa shape index (κ3) is 3.17. The van der Waals surface area contributed by atoms with Crippen molar-refractivity contribution in [1.82, 2.24) is 19.7 Å². The molecule has 3 rings (SSSR count). The minimum absolute atomic E-state index is 0.0851. The van der Waals surface area contributed by atoms with E-state index >= 15 is 0 Å². The van der Waals surface area contributed by atoms with Gasteiger partial charge in [0.05, 0.1) is 5.69 Å². The van der Waals surface area contributed by atoms with Crippen LogP contribution in [0.15, 0.2) is 30.3 Å². The van der Waals surface area contributed by atoms with Crippen molar-refractivity contribution in [3.05, 3.63) is 52.4 Å². The van der Waals surface area contributed by atoms with Gasteiger partial charge in [-0.1, -0.05) is 17.7 Å². The number of hydrogen-bond acceptors (Lipinski definition) is 2. The summed E-state index contributed by atoms with van der Waals surface area (Å²) in [4.78, 5) is 12.4. The van der Waals surface area contributed by atoms with E-state index in [1.54, 1.807) is 0 Å². The van der Waals surface area contributed by atoms with E-state index in [4.69, 9.17) is 11.6 Å². The molecule has 0 fully saturated rings. The smallest absolute Gasteiger partial charge is 0.267 e. The van der Waals surface area contributed by atoms with Crippen LogP contribution in [0.2, 0.25) is 5.02 Å². The molecule has 0 bridgehead atoms. The Balaban J connectivity index is 1.62. The first-order valence-electron chi connectivity index (χ1n) is 8.00. The van der Waals surface area contributed by atoms with Crippen LogP contribution in [0, 0.1) is 13.8 Å². The van der Waals surface area contributed by atoms with Crippen LogP contribution in [0.3, 0.4) is 0 Å². The second kappa shape index (κ2) is 6.69. The van der Waals surface area contributed by atoms with Gasteiger partial charge in [-0.3, -0.25) is 9.48 Å². The average molecular weight is 345 g/mol. The van der Waals surface area contributed by atoms with Crippen LogP contribution in [-0.2, 0) is 13.6 Å². The first-order chi connectivity index (χ1) is 11.5. The van der Waals surface area contributed by atoms with Crippen LogP contribution >= 0.6 is 11.6 Å². The molecule has 0 saturated heterocycles. The summed E-state index contributed by atoms with van der Waals surface area (Å²) in [5.41, 5.74) is 3.73. The van der Waals surface area contributed by atoms with Gasteiger partial charge in [0.2, 0.25) is 0 Å². The first-order valence-corrected chi connectivity index (χ1v) is 8.38. The number of aryl methyl sites for hydroxylation is 4. The Morgan fingerprint density at radius 3 is 2.75 bits per heavy atom. The molecule has 1 amide bonds. The number of hydrogen-bond donors (Lipinski definition) is 1. The van der Waals surface area contributed by atoms with Crippen LogP contribution in [0.5, 0.6) is 0 Å². The number of carbonyl (C=O) groups is 1. The highest BCUT2D eigenvalue weighted by Gasteiger charge is 2.14. The Hall–Kier alpha value is -2.27. The molecule has 0 atom stereocenters. The fraction of sp³-hybridized carbons (Fsp3) is 0.333. The second-order valence-electron chi connectivity index (χ2n) is 6.02. The van der Waals surface area contributed by atoms with E-state index < -0.39 is 0 Å². The topological polar surface area (TPSA) is 51.9 Å². The van der Waals surface area contributed by atoms with E-state index in [1.807, 2.05) is 54.4 Å². The highest BCUT2D eigenvalue weighted by atomic mass is 35.5. The van der Waals surface area contributed by atoms with Gasteiger partial charge in [-0.2, -0.15) is 5.10 Å². The van der Waals surface area contributed by atoms with Crippen molar-refractivity contribution in [2.45, 2.75) is 26.8 Å². The lowest BCUT2D eigenvalue weighted by atomic mass is 10.2. The highest BCUT2D eigenvalue weighted by Crippen LogP contribution is 2.26. The number of nitrogens with one attached hydrogen (secondary N) is 1. The van der Waals surface area contributed by atoms with Gasteiger partial charge < -0.3 is 9.88 Å².